The highest BCUT2D eigenvalue weighted by Crippen LogP contribution is 2.08. The van der Waals surface area contributed by atoms with E-state index in [9.17, 15) is 4.79 Å². The predicted octanol–water partition coefficient (Wildman–Crippen LogP) is 4.51. The molecule has 0 heterocycles. The summed E-state index contributed by atoms with van der Waals surface area (Å²) in [6, 6.07) is 9.95. The molecule has 0 fully saturated rings. The van der Waals surface area contributed by atoms with Gasteiger partial charge in [-0.15, -0.1) is 0 Å². The van der Waals surface area contributed by atoms with Crippen molar-refractivity contribution in [1.29, 1.82) is 0 Å². The normalized spacial score (nSPS) is 11.8. The van der Waals surface area contributed by atoms with Crippen molar-refractivity contribution in [2.75, 3.05) is 13.2 Å². The molecule has 1 rings (SSSR count). The predicted molar refractivity (Wildman–Crippen MR) is 97.6 cm³/mol. The maximum absolute atomic E-state index is 10.7. The third-order valence-electron chi connectivity index (χ3n) is 3.41. The Morgan fingerprint density at radius 2 is 1.88 bits per heavy atom. The molecular weight excluding hydrogens is 300 g/mol. The lowest BCUT2D eigenvalue weighted by Crippen LogP contribution is -2.11. The molecule has 0 aliphatic carbocycles. The second kappa shape index (κ2) is 13.4. The standard InChI is InChI=1S/C21H28O3/c1-3-4-5-9-14-21(16-15-20-12-7-6-8-13-20)24-18-11-10-17-23-19(2)22/h6-8,10-13,21H,3-5,9,14,17-18H2,1-2H3/b11-10-. The van der Waals surface area contributed by atoms with Crippen LogP contribution in [0.4, 0.5) is 0 Å². The SMILES string of the molecule is CCCCCCC(C#Cc1ccccc1)OC/C=C\COC(C)=O. The van der Waals surface area contributed by atoms with Crippen LogP contribution in [0.25, 0.3) is 0 Å². The van der Waals surface area contributed by atoms with Gasteiger partial charge in [0.15, 0.2) is 0 Å². The molecule has 0 saturated heterocycles. The van der Waals surface area contributed by atoms with Crippen LogP contribution in [0.3, 0.4) is 0 Å². The monoisotopic (exact) mass is 328 g/mol. The zero-order valence-electron chi connectivity index (χ0n) is 14.8. The summed E-state index contributed by atoms with van der Waals surface area (Å²) in [5.41, 5.74) is 1.00. The van der Waals surface area contributed by atoms with Gasteiger partial charge in [-0.3, -0.25) is 4.79 Å². The van der Waals surface area contributed by atoms with Crippen LogP contribution in [0, 0.1) is 11.8 Å². The maximum Gasteiger partial charge on any atom is 0.302 e. The minimum atomic E-state index is -0.275. The Morgan fingerprint density at radius 3 is 2.58 bits per heavy atom. The number of ether oxygens (including phenoxy) is 2. The topological polar surface area (TPSA) is 35.5 Å². The number of carbonyl (C=O) groups is 1. The van der Waals surface area contributed by atoms with Crippen LogP contribution in [0.5, 0.6) is 0 Å². The van der Waals surface area contributed by atoms with Crippen molar-refractivity contribution in [2.24, 2.45) is 0 Å². The number of hydrogen-bond donors (Lipinski definition) is 0. The van der Waals surface area contributed by atoms with E-state index in [-0.39, 0.29) is 18.7 Å². The van der Waals surface area contributed by atoms with Gasteiger partial charge >= 0.3 is 5.97 Å². The molecule has 1 aromatic rings. The zero-order chi connectivity index (χ0) is 17.5. The Kier molecular flexibility index (Phi) is 11.2. The molecule has 0 amide bonds. The summed E-state index contributed by atoms with van der Waals surface area (Å²) < 4.78 is 10.7. The van der Waals surface area contributed by atoms with E-state index in [1.807, 2.05) is 36.4 Å². The van der Waals surface area contributed by atoms with Crippen molar-refractivity contribution in [1.82, 2.24) is 0 Å². The van der Waals surface area contributed by atoms with E-state index in [1.165, 1.54) is 26.2 Å². The van der Waals surface area contributed by atoms with E-state index in [2.05, 4.69) is 18.8 Å². The van der Waals surface area contributed by atoms with Crippen molar-refractivity contribution in [3.63, 3.8) is 0 Å². The second-order valence-corrected chi connectivity index (χ2v) is 5.58. The lowest BCUT2D eigenvalue weighted by Gasteiger charge is -2.10. The Hall–Kier alpha value is -2.05. The van der Waals surface area contributed by atoms with E-state index in [4.69, 9.17) is 9.47 Å². The van der Waals surface area contributed by atoms with E-state index in [0.717, 1.165) is 18.4 Å². The van der Waals surface area contributed by atoms with Gasteiger partial charge in [-0.2, -0.15) is 0 Å². The van der Waals surface area contributed by atoms with E-state index in [0.29, 0.717) is 6.61 Å². The molecule has 0 aromatic heterocycles. The molecule has 3 heteroatoms. The van der Waals surface area contributed by atoms with Crippen LogP contribution in [0.1, 0.15) is 51.5 Å². The van der Waals surface area contributed by atoms with Gasteiger partial charge in [0.2, 0.25) is 0 Å². The average molecular weight is 328 g/mol. The molecule has 0 N–H and O–H groups in total. The summed E-state index contributed by atoms with van der Waals surface area (Å²) in [4.78, 5) is 10.7. The number of carbonyl (C=O) groups excluding carboxylic acids is 1. The summed E-state index contributed by atoms with van der Waals surface area (Å²) in [5.74, 6) is 6.14. The Bertz CT molecular complexity index is 537. The van der Waals surface area contributed by atoms with E-state index >= 15 is 0 Å². The molecule has 0 radical (unpaired) electrons. The Morgan fingerprint density at radius 1 is 1.12 bits per heavy atom. The Balaban J connectivity index is 2.45. The fraction of sp³-hybridized carbons (Fsp3) is 0.476. The van der Waals surface area contributed by atoms with Gasteiger partial charge in [0.25, 0.3) is 0 Å². The molecule has 1 unspecified atom stereocenters. The largest absolute Gasteiger partial charge is 0.462 e. The first-order chi connectivity index (χ1) is 11.7. The first kappa shape index (κ1) is 20.0. The van der Waals surface area contributed by atoms with Crippen LogP contribution < -0.4 is 0 Å². The van der Waals surface area contributed by atoms with Crippen molar-refractivity contribution in [3.8, 4) is 11.8 Å². The first-order valence-electron chi connectivity index (χ1n) is 8.69. The molecule has 3 nitrogen and oxygen atoms in total. The van der Waals surface area contributed by atoms with Crippen LogP contribution in [-0.4, -0.2) is 25.3 Å². The van der Waals surface area contributed by atoms with Crippen LogP contribution in [0.2, 0.25) is 0 Å². The van der Waals surface area contributed by atoms with Crippen LogP contribution in [0.15, 0.2) is 42.5 Å². The average Bonchev–Trinajstić information content (AvgIpc) is 2.59. The van der Waals surface area contributed by atoms with Gasteiger partial charge in [0, 0.05) is 12.5 Å². The Labute approximate surface area is 146 Å². The molecule has 0 saturated carbocycles. The zero-order valence-corrected chi connectivity index (χ0v) is 14.8. The smallest absolute Gasteiger partial charge is 0.302 e. The third kappa shape index (κ3) is 10.6. The number of rotatable bonds is 10. The van der Waals surface area contributed by atoms with Gasteiger partial charge < -0.3 is 9.47 Å². The summed E-state index contributed by atoms with van der Waals surface area (Å²) in [6.07, 6.45) is 9.34. The van der Waals surface area contributed by atoms with Crippen molar-refractivity contribution in [3.05, 3.63) is 48.0 Å². The molecule has 0 bridgehead atoms. The summed E-state index contributed by atoms with van der Waals surface area (Å²) in [5, 5.41) is 0. The third-order valence-corrected chi connectivity index (χ3v) is 3.41. The molecule has 1 aromatic carbocycles. The summed E-state index contributed by atoms with van der Waals surface area (Å²) in [7, 11) is 0. The molecule has 0 spiro atoms. The molecule has 130 valence electrons. The number of benzene rings is 1. The highest BCUT2D eigenvalue weighted by Gasteiger charge is 2.04. The van der Waals surface area contributed by atoms with Gasteiger partial charge in [-0.05, 0) is 31.1 Å². The van der Waals surface area contributed by atoms with Crippen LogP contribution in [-0.2, 0) is 14.3 Å². The maximum atomic E-state index is 10.7. The van der Waals surface area contributed by atoms with Gasteiger partial charge in [0.05, 0.1) is 6.61 Å². The number of unbranched alkanes of at least 4 members (excludes halogenated alkanes) is 3. The molecule has 24 heavy (non-hydrogen) atoms. The van der Waals surface area contributed by atoms with Gasteiger partial charge in [0.1, 0.15) is 12.7 Å². The summed E-state index contributed by atoms with van der Waals surface area (Å²) in [6.45, 7) is 4.37. The molecular formula is C21H28O3. The molecule has 0 aliphatic rings. The summed E-state index contributed by atoms with van der Waals surface area (Å²) >= 11 is 0. The fourth-order valence-electron chi connectivity index (χ4n) is 2.11. The lowest BCUT2D eigenvalue weighted by atomic mass is 10.1. The van der Waals surface area contributed by atoms with Crippen molar-refractivity contribution in [2.45, 2.75) is 52.1 Å². The van der Waals surface area contributed by atoms with Crippen LogP contribution >= 0.6 is 0 Å². The van der Waals surface area contributed by atoms with Gasteiger partial charge in [-0.1, -0.05) is 62.3 Å². The number of hydrogen-bond acceptors (Lipinski definition) is 3. The fourth-order valence-corrected chi connectivity index (χ4v) is 2.11. The quantitative estimate of drug-likeness (QED) is 0.274. The van der Waals surface area contributed by atoms with Gasteiger partial charge in [-0.25, -0.2) is 0 Å². The van der Waals surface area contributed by atoms with Crippen molar-refractivity contribution < 1.29 is 14.3 Å². The van der Waals surface area contributed by atoms with E-state index < -0.39 is 0 Å². The van der Waals surface area contributed by atoms with E-state index in [1.54, 1.807) is 6.08 Å². The highest BCUT2D eigenvalue weighted by atomic mass is 16.5. The minimum Gasteiger partial charge on any atom is -0.462 e. The minimum absolute atomic E-state index is 0.0690. The van der Waals surface area contributed by atoms with Crippen molar-refractivity contribution >= 4 is 5.97 Å². The highest BCUT2D eigenvalue weighted by molar-refractivity contribution is 5.65. The number of esters is 1. The lowest BCUT2D eigenvalue weighted by molar-refractivity contribution is -0.139. The molecule has 1 atom stereocenters. The second-order valence-electron chi connectivity index (χ2n) is 5.58. The molecule has 0 aliphatic heterocycles. The first-order valence-corrected chi connectivity index (χ1v) is 8.69.